The first kappa shape index (κ1) is 12.7. The van der Waals surface area contributed by atoms with Crippen LogP contribution in [-0.2, 0) is 15.3 Å². The Morgan fingerprint density at radius 3 is 2.94 bits per heavy atom. The molecule has 1 rings (SSSR count). The fourth-order valence-electron chi connectivity index (χ4n) is 0.938. The maximum atomic E-state index is 10.8. The highest BCUT2D eigenvalue weighted by atomic mass is 32.2. The number of esters is 1. The largest absolute Gasteiger partial charge is 0.469 e. The molecule has 3 N–H and O–H groups in total. The lowest BCUT2D eigenvalue weighted by atomic mass is 10.5. The Morgan fingerprint density at radius 2 is 2.38 bits per heavy atom. The van der Waals surface area contributed by atoms with Gasteiger partial charge in [-0.25, -0.2) is 10.8 Å². The van der Waals surface area contributed by atoms with Gasteiger partial charge in [-0.1, -0.05) is 0 Å². The van der Waals surface area contributed by atoms with Crippen molar-refractivity contribution in [3.05, 3.63) is 18.1 Å². The molecule has 0 saturated carbocycles. The topological polar surface area (TPSA) is 90.1 Å². The van der Waals surface area contributed by atoms with Crippen molar-refractivity contribution in [2.45, 2.75) is 12.2 Å². The number of nitrogens with two attached hydrogens (primary N) is 1. The Kier molecular flexibility index (Phi) is 5.58. The predicted octanol–water partition coefficient (Wildman–Crippen LogP) is 0.558. The number of hydrogen-bond acceptors (Lipinski definition) is 7. The number of hydrazine groups is 1. The van der Waals surface area contributed by atoms with Crippen LogP contribution in [0.25, 0.3) is 0 Å². The standard InChI is InChI=1S/C9H14N4O2S/c1-15-9(14)2-3-16-6-7-4-12-8(13-10)5-11-7/h4-5H,2-3,6,10H2,1H3,(H,12,13). The van der Waals surface area contributed by atoms with Crippen molar-refractivity contribution < 1.29 is 9.53 Å². The second kappa shape index (κ2) is 7.02. The minimum Gasteiger partial charge on any atom is -0.469 e. The van der Waals surface area contributed by atoms with Crippen LogP contribution in [0.2, 0.25) is 0 Å². The molecule has 0 atom stereocenters. The van der Waals surface area contributed by atoms with Crippen LogP contribution in [0, 0.1) is 0 Å². The van der Waals surface area contributed by atoms with E-state index in [2.05, 4.69) is 20.1 Å². The fraction of sp³-hybridized carbons (Fsp3) is 0.444. The molecule has 0 aromatic carbocycles. The molecule has 0 amide bonds. The average molecular weight is 242 g/mol. The van der Waals surface area contributed by atoms with Crippen LogP contribution in [0.3, 0.4) is 0 Å². The van der Waals surface area contributed by atoms with Gasteiger partial charge in [0.25, 0.3) is 0 Å². The van der Waals surface area contributed by atoms with Gasteiger partial charge >= 0.3 is 5.97 Å². The summed E-state index contributed by atoms with van der Waals surface area (Å²) in [6.45, 7) is 0. The van der Waals surface area contributed by atoms with Crippen LogP contribution >= 0.6 is 11.8 Å². The van der Waals surface area contributed by atoms with Gasteiger partial charge in [0.1, 0.15) is 0 Å². The molecule has 0 aliphatic heterocycles. The third-order valence-corrected chi connectivity index (χ3v) is 2.77. The maximum Gasteiger partial charge on any atom is 0.306 e. The molecule has 1 heterocycles. The predicted molar refractivity (Wildman–Crippen MR) is 62.6 cm³/mol. The van der Waals surface area contributed by atoms with Gasteiger partial charge in [0.05, 0.1) is 31.6 Å². The van der Waals surface area contributed by atoms with E-state index in [1.165, 1.54) is 7.11 Å². The van der Waals surface area contributed by atoms with Crippen LogP contribution in [-0.4, -0.2) is 28.8 Å². The number of hydrogen-bond donors (Lipinski definition) is 2. The number of nitrogens with zero attached hydrogens (tertiary/aromatic N) is 2. The lowest BCUT2D eigenvalue weighted by molar-refractivity contribution is -0.140. The van der Waals surface area contributed by atoms with Crippen molar-refractivity contribution in [1.29, 1.82) is 0 Å². The molecule has 7 heteroatoms. The maximum absolute atomic E-state index is 10.8. The minimum absolute atomic E-state index is 0.193. The number of carbonyl (C=O) groups excluding carboxylic acids is 1. The molecule has 88 valence electrons. The number of nitrogens with one attached hydrogen (secondary N) is 1. The van der Waals surface area contributed by atoms with E-state index in [9.17, 15) is 4.79 Å². The van der Waals surface area contributed by atoms with E-state index < -0.39 is 0 Å². The van der Waals surface area contributed by atoms with Gasteiger partial charge in [0, 0.05) is 11.5 Å². The average Bonchev–Trinajstić information content (AvgIpc) is 2.35. The smallest absolute Gasteiger partial charge is 0.306 e. The van der Waals surface area contributed by atoms with Crippen molar-refractivity contribution in [3.8, 4) is 0 Å². The van der Waals surface area contributed by atoms with Gasteiger partial charge < -0.3 is 10.2 Å². The summed E-state index contributed by atoms with van der Waals surface area (Å²) < 4.78 is 4.53. The van der Waals surface area contributed by atoms with Gasteiger partial charge in [0.2, 0.25) is 0 Å². The molecule has 0 radical (unpaired) electrons. The molecule has 0 aliphatic carbocycles. The normalized spacial score (nSPS) is 9.88. The number of anilines is 1. The monoisotopic (exact) mass is 242 g/mol. The molecular weight excluding hydrogens is 228 g/mol. The lowest BCUT2D eigenvalue weighted by Crippen LogP contribution is -2.09. The Bertz CT molecular complexity index is 331. The lowest BCUT2D eigenvalue weighted by Gasteiger charge is -2.02. The molecule has 1 aromatic rings. The van der Waals surface area contributed by atoms with E-state index in [0.717, 1.165) is 11.4 Å². The summed E-state index contributed by atoms with van der Waals surface area (Å²) in [5.74, 6) is 6.93. The van der Waals surface area contributed by atoms with Crippen molar-refractivity contribution in [2.75, 3.05) is 18.3 Å². The first-order chi connectivity index (χ1) is 7.76. The Hall–Kier alpha value is -1.34. The molecule has 0 aliphatic rings. The number of ether oxygens (including phenoxy) is 1. The third kappa shape index (κ3) is 4.45. The summed E-state index contributed by atoms with van der Waals surface area (Å²) in [4.78, 5) is 19.0. The number of aromatic nitrogens is 2. The van der Waals surface area contributed by atoms with E-state index in [0.29, 0.717) is 18.0 Å². The van der Waals surface area contributed by atoms with E-state index in [1.807, 2.05) is 0 Å². The minimum atomic E-state index is -0.193. The summed E-state index contributed by atoms with van der Waals surface area (Å²) in [5, 5.41) is 0. The highest BCUT2D eigenvalue weighted by Crippen LogP contribution is 2.11. The van der Waals surface area contributed by atoms with E-state index in [-0.39, 0.29) is 5.97 Å². The van der Waals surface area contributed by atoms with Gasteiger partial charge in [-0.15, -0.1) is 0 Å². The summed E-state index contributed by atoms with van der Waals surface area (Å²) in [7, 11) is 1.39. The van der Waals surface area contributed by atoms with Gasteiger partial charge in [-0.05, 0) is 0 Å². The van der Waals surface area contributed by atoms with E-state index in [4.69, 9.17) is 5.84 Å². The van der Waals surface area contributed by atoms with E-state index >= 15 is 0 Å². The summed E-state index contributed by atoms with van der Waals surface area (Å²) in [5.41, 5.74) is 3.26. The van der Waals surface area contributed by atoms with Crippen LogP contribution in [0.4, 0.5) is 5.82 Å². The Labute approximate surface area is 98.0 Å². The van der Waals surface area contributed by atoms with Crippen LogP contribution in [0.5, 0.6) is 0 Å². The number of nitrogen functional groups attached to an aromatic ring is 1. The molecule has 0 bridgehead atoms. The first-order valence-electron chi connectivity index (χ1n) is 4.68. The van der Waals surface area contributed by atoms with Crippen LogP contribution < -0.4 is 11.3 Å². The van der Waals surface area contributed by atoms with Gasteiger partial charge in [0.15, 0.2) is 5.82 Å². The number of methoxy groups -OCH3 is 1. The molecule has 1 aromatic heterocycles. The summed E-state index contributed by atoms with van der Waals surface area (Å²) >= 11 is 1.61. The molecule has 0 saturated heterocycles. The second-order valence-electron chi connectivity index (χ2n) is 2.92. The zero-order valence-electron chi connectivity index (χ0n) is 8.97. The number of thioether (sulfide) groups is 1. The zero-order chi connectivity index (χ0) is 11.8. The summed E-state index contributed by atoms with van der Waals surface area (Å²) in [6.07, 6.45) is 3.63. The van der Waals surface area contributed by atoms with Gasteiger partial charge in [-0.3, -0.25) is 9.78 Å². The fourth-order valence-corrected chi connectivity index (χ4v) is 1.75. The van der Waals surface area contributed by atoms with Crippen molar-refractivity contribution in [3.63, 3.8) is 0 Å². The highest BCUT2D eigenvalue weighted by molar-refractivity contribution is 7.98. The third-order valence-electron chi connectivity index (χ3n) is 1.78. The first-order valence-corrected chi connectivity index (χ1v) is 5.84. The highest BCUT2D eigenvalue weighted by Gasteiger charge is 2.01. The van der Waals surface area contributed by atoms with Crippen molar-refractivity contribution in [2.24, 2.45) is 5.84 Å². The summed E-state index contributed by atoms with van der Waals surface area (Å²) in [6, 6.07) is 0. The van der Waals surface area contributed by atoms with Crippen LogP contribution in [0.1, 0.15) is 12.1 Å². The molecule has 6 nitrogen and oxygen atoms in total. The molecule has 0 unspecified atom stereocenters. The molecule has 0 fully saturated rings. The number of rotatable bonds is 6. The Morgan fingerprint density at radius 1 is 1.56 bits per heavy atom. The SMILES string of the molecule is COC(=O)CCSCc1cnc(NN)cn1. The van der Waals surface area contributed by atoms with Gasteiger partial charge in [-0.2, -0.15) is 11.8 Å². The Balaban J connectivity index is 2.24. The molecular formula is C9H14N4O2S. The zero-order valence-corrected chi connectivity index (χ0v) is 9.79. The number of carbonyl (C=O) groups is 1. The van der Waals surface area contributed by atoms with Crippen molar-refractivity contribution in [1.82, 2.24) is 9.97 Å². The second-order valence-corrected chi connectivity index (χ2v) is 4.02. The molecule has 0 spiro atoms. The van der Waals surface area contributed by atoms with Crippen molar-refractivity contribution >= 4 is 23.5 Å². The quantitative estimate of drug-likeness (QED) is 0.326. The van der Waals surface area contributed by atoms with E-state index in [1.54, 1.807) is 24.2 Å². The molecule has 16 heavy (non-hydrogen) atoms. The van der Waals surface area contributed by atoms with Crippen LogP contribution in [0.15, 0.2) is 12.4 Å².